The first-order chi connectivity index (χ1) is 31.3. The summed E-state index contributed by atoms with van der Waals surface area (Å²) in [5.41, 5.74) is 4.31. The molecule has 2 aliphatic heterocycles. The first-order valence-corrected chi connectivity index (χ1v) is 23.1. The van der Waals surface area contributed by atoms with Crippen LogP contribution in [0.5, 0.6) is 11.5 Å². The van der Waals surface area contributed by atoms with Gasteiger partial charge in [0, 0.05) is 61.7 Å². The highest BCUT2D eigenvalue weighted by Crippen LogP contribution is 2.33. The maximum absolute atomic E-state index is 14.8. The zero-order valence-electron chi connectivity index (χ0n) is 37.5. The topological polar surface area (TPSA) is 129 Å². The minimum Gasteiger partial charge on any atom is -0.457 e. The standard InChI is InChI=1S/C51H58Cl2N6O6/c1-34-46(61)26-40(33-60)51(64)56(3)43(25-36-12-17-41(52)18-13-36)31-55(2)50(63)39(24-35-10-6-5-7-11-35)27-49(62)59(34)30-38-14-19-42(53)28-47(38)65-44-20-15-37(16-21-44)45-29-54-48(57(45)4)32-58-22-8-9-23-58/h5-7,10-21,28-29,34,39-40,43,60H,8-9,22-27,30-33H2,1-4H3/t34-,39+,40-,43+/m0/s1. The fraction of sp³-hybridized carbons (Fsp3) is 0.392. The molecule has 1 aromatic heterocycles. The number of aromatic nitrogens is 2. The summed E-state index contributed by atoms with van der Waals surface area (Å²) in [5, 5.41) is 11.6. The number of amides is 3. The third-order valence-electron chi connectivity index (χ3n) is 12.9. The Labute approximate surface area is 391 Å². The second-order valence-electron chi connectivity index (χ2n) is 17.5. The average molecular weight is 922 g/mol. The van der Waals surface area contributed by atoms with Gasteiger partial charge in [0.05, 0.1) is 55.5 Å². The molecule has 0 radical (unpaired) electrons. The summed E-state index contributed by atoms with van der Waals surface area (Å²) in [5.74, 6) is -1.47. The van der Waals surface area contributed by atoms with Crippen LogP contribution in [0.25, 0.3) is 11.3 Å². The predicted molar refractivity (Wildman–Crippen MR) is 252 cm³/mol. The number of ether oxygens (including phenoxy) is 1. The van der Waals surface area contributed by atoms with Crippen molar-refractivity contribution in [3.8, 4) is 22.8 Å². The number of ketones is 1. The van der Waals surface area contributed by atoms with Crippen LogP contribution in [0.2, 0.25) is 10.0 Å². The van der Waals surface area contributed by atoms with Crippen LogP contribution in [0.15, 0.2) is 103 Å². The van der Waals surface area contributed by atoms with E-state index in [1.807, 2.05) is 80.0 Å². The number of halogens is 2. The van der Waals surface area contributed by atoms with Crippen molar-refractivity contribution in [2.45, 2.75) is 70.6 Å². The number of carbonyl (C=O) groups excluding carboxylic acids is 4. The maximum atomic E-state index is 14.8. The maximum Gasteiger partial charge on any atom is 0.228 e. The highest BCUT2D eigenvalue weighted by atomic mass is 35.5. The van der Waals surface area contributed by atoms with Crippen LogP contribution >= 0.6 is 23.2 Å². The van der Waals surface area contributed by atoms with Gasteiger partial charge in [0.2, 0.25) is 17.7 Å². The van der Waals surface area contributed by atoms with Gasteiger partial charge in [0.15, 0.2) is 5.78 Å². The van der Waals surface area contributed by atoms with Gasteiger partial charge in [-0.25, -0.2) is 4.98 Å². The minimum absolute atomic E-state index is 0.0615. The van der Waals surface area contributed by atoms with E-state index >= 15 is 0 Å². The van der Waals surface area contributed by atoms with E-state index < -0.39 is 48.1 Å². The minimum atomic E-state index is -1.07. The zero-order chi connectivity index (χ0) is 46.2. The Bertz CT molecular complexity index is 2440. The van der Waals surface area contributed by atoms with Gasteiger partial charge in [0.1, 0.15) is 17.3 Å². The number of aliphatic hydroxyl groups is 1. The molecule has 0 spiro atoms. The third-order valence-corrected chi connectivity index (χ3v) is 13.4. The van der Waals surface area contributed by atoms with E-state index in [1.165, 1.54) is 22.6 Å². The molecule has 0 aliphatic carbocycles. The predicted octanol–water partition coefficient (Wildman–Crippen LogP) is 7.86. The molecule has 2 saturated heterocycles. The van der Waals surface area contributed by atoms with E-state index in [0.29, 0.717) is 33.5 Å². The largest absolute Gasteiger partial charge is 0.457 e. The Morgan fingerprint density at radius 1 is 0.754 bits per heavy atom. The van der Waals surface area contributed by atoms with Crippen molar-refractivity contribution in [3.63, 3.8) is 0 Å². The molecule has 4 atom stereocenters. The number of rotatable bonds is 12. The number of imidazole rings is 1. The van der Waals surface area contributed by atoms with Gasteiger partial charge in [-0.1, -0.05) is 71.7 Å². The zero-order valence-corrected chi connectivity index (χ0v) is 39.0. The Kier molecular flexibility index (Phi) is 15.8. The molecule has 5 aromatic rings. The van der Waals surface area contributed by atoms with Crippen molar-refractivity contribution in [1.29, 1.82) is 0 Å². The molecule has 0 unspecified atom stereocenters. The summed E-state index contributed by atoms with van der Waals surface area (Å²) >= 11 is 12.7. The van der Waals surface area contributed by atoms with Crippen molar-refractivity contribution >= 4 is 46.7 Å². The number of Topliss-reactive ketones (excluding diaryl/α,β-unsaturated/α-hetero) is 1. The molecule has 14 heteroatoms. The summed E-state index contributed by atoms with van der Waals surface area (Å²) in [7, 11) is 5.36. The smallest absolute Gasteiger partial charge is 0.228 e. The summed E-state index contributed by atoms with van der Waals surface area (Å²) in [6.07, 6.45) is 4.50. The van der Waals surface area contributed by atoms with Gasteiger partial charge >= 0.3 is 0 Å². The molecule has 342 valence electrons. The van der Waals surface area contributed by atoms with Crippen molar-refractivity contribution < 1.29 is 29.0 Å². The lowest BCUT2D eigenvalue weighted by Crippen LogP contribution is -2.52. The van der Waals surface area contributed by atoms with Crippen LogP contribution in [0.4, 0.5) is 0 Å². The summed E-state index contributed by atoms with van der Waals surface area (Å²) in [6, 6.07) is 28.1. The second-order valence-corrected chi connectivity index (χ2v) is 18.3. The molecule has 7 rings (SSSR count). The number of likely N-dealkylation sites (N-methyl/N-ethyl adjacent to an activating group) is 2. The summed E-state index contributed by atoms with van der Waals surface area (Å²) in [4.78, 5) is 69.6. The van der Waals surface area contributed by atoms with Crippen LogP contribution in [-0.4, -0.2) is 110 Å². The fourth-order valence-corrected chi connectivity index (χ4v) is 9.18. The first-order valence-electron chi connectivity index (χ1n) is 22.3. The summed E-state index contributed by atoms with van der Waals surface area (Å²) in [6.45, 7) is 4.11. The van der Waals surface area contributed by atoms with Crippen LogP contribution < -0.4 is 4.74 Å². The van der Waals surface area contributed by atoms with E-state index in [2.05, 4.69) is 9.47 Å². The Balaban J connectivity index is 1.17. The van der Waals surface area contributed by atoms with Crippen molar-refractivity contribution in [3.05, 3.63) is 136 Å². The van der Waals surface area contributed by atoms with Gasteiger partial charge < -0.3 is 29.1 Å². The SMILES string of the molecule is C[C@H]1C(=O)C[C@@H](CO)C(=O)N(C)[C@H](Cc2ccc(Cl)cc2)CN(C)C(=O)[C@H](Cc2ccccc2)CC(=O)N1Cc1ccc(Cl)cc1Oc1ccc(-c2cnc(CN3CCCC3)n2C)cc1. The van der Waals surface area contributed by atoms with E-state index in [1.54, 1.807) is 56.3 Å². The lowest BCUT2D eigenvalue weighted by Gasteiger charge is -2.36. The quantitative estimate of drug-likeness (QED) is 0.134. The van der Waals surface area contributed by atoms with Crippen LogP contribution in [-0.2, 0) is 52.2 Å². The fourth-order valence-electron chi connectivity index (χ4n) is 8.90. The number of hydrogen-bond acceptors (Lipinski definition) is 8. The van der Waals surface area contributed by atoms with Gasteiger partial charge in [-0.2, -0.15) is 0 Å². The highest BCUT2D eigenvalue weighted by molar-refractivity contribution is 6.31. The van der Waals surface area contributed by atoms with Gasteiger partial charge in [-0.15, -0.1) is 0 Å². The summed E-state index contributed by atoms with van der Waals surface area (Å²) < 4.78 is 8.60. The molecule has 3 heterocycles. The monoisotopic (exact) mass is 920 g/mol. The molecule has 3 amide bonds. The molecule has 0 saturated carbocycles. The Hall–Kier alpha value is -5.53. The number of likely N-dealkylation sites (tertiary alicyclic amines) is 1. The number of nitrogens with zero attached hydrogens (tertiary/aromatic N) is 6. The lowest BCUT2D eigenvalue weighted by atomic mass is 9.91. The van der Waals surface area contributed by atoms with E-state index in [0.717, 1.165) is 47.8 Å². The Morgan fingerprint density at radius 2 is 1.43 bits per heavy atom. The van der Waals surface area contributed by atoms with Crippen LogP contribution in [0.1, 0.15) is 55.1 Å². The van der Waals surface area contributed by atoms with Crippen LogP contribution in [0.3, 0.4) is 0 Å². The van der Waals surface area contributed by atoms with Gasteiger partial charge in [-0.3, -0.25) is 24.1 Å². The number of aliphatic hydroxyl groups excluding tert-OH is 1. The molecule has 4 aromatic carbocycles. The van der Waals surface area contributed by atoms with Crippen molar-refractivity contribution in [1.82, 2.24) is 29.2 Å². The second kappa shape index (κ2) is 21.6. The molecular weight excluding hydrogens is 864 g/mol. The lowest BCUT2D eigenvalue weighted by molar-refractivity contribution is -0.148. The van der Waals surface area contributed by atoms with Crippen molar-refractivity contribution in [2.24, 2.45) is 18.9 Å². The molecule has 12 nitrogen and oxygen atoms in total. The normalized spacial score (nSPS) is 20.7. The number of hydrogen-bond donors (Lipinski definition) is 1. The van der Waals surface area contributed by atoms with E-state index in [4.69, 9.17) is 32.9 Å². The first kappa shape index (κ1) is 47.4. The van der Waals surface area contributed by atoms with Crippen molar-refractivity contribution in [2.75, 3.05) is 40.3 Å². The Morgan fingerprint density at radius 3 is 2.12 bits per heavy atom. The van der Waals surface area contributed by atoms with Crippen LogP contribution in [0, 0.1) is 11.8 Å². The van der Waals surface area contributed by atoms with E-state index in [-0.39, 0.29) is 38.3 Å². The molecular formula is C51H58Cl2N6O6. The van der Waals surface area contributed by atoms with Gasteiger partial charge in [-0.05, 0) is 105 Å². The number of benzene rings is 4. The average Bonchev–Trinajstić information content (AvgIpc) is 3.96. The molecule has 1 N–H and O–H groups in total. The molecule has 65 heavy (non-hydrogen) atoms. The third kappa shape index (κ3) is 11.8. The molecule has 2 aliphatic rings. The number of carbonyl (C=O) groups is 4. The molecule has 2 fully saturated rings. The highest BCUT2D eigenvalue weighted by Gasteiger charge is 2.37. The van der Waals surface area contributed by atoms with E-state index in [9.17, 15) is 24.3 Å². The molecule has 0 bridgehead atoms. The van der Waals surface area contributed by atoms with Gasteiger partial charge in [0.25, 0.3) is 0 Å².